The van der Waals surface area contributed by atoms with Crippen molar-refractivity contribution in [3.63, 3.8) is 0 Å². The van der Waals surface area contributed by atoms with Gasteiger partial charge in [-0.25, -0.2) is 4.98 Å². The Morgan fingerprint density at radius 3 is 3.07 bits per heavy atom. The van der Waals surface area contributed by atoms with Gasteiger partial charge in [-0.15, -0.1) is 0 Å². The highest BCUT2D eigenvalue weighted by atomic mass is 16.5. The number of pyridine rings is 1. The van der Waals surface area contributed by atoms with E-state index in [2.05, 4.69) is 16.8 Å². The Morgan fingerprint density at radius 2 is 2.43 bits per heavy atom. The molecule has 0 aromatic carbocycles. The summed E-state index contributed by atoms with van der Waals surface area (Å²) in [7, 11) is 0. The fraction of sp³-hybridized carbons (Fsp3) is 0.500. The lowest BCUT2D eigenvalue weighted by Gasteiger charge is -2.34. The van der Waals surface area contributed by atoms with Crippen LogP contribution in [0.4, 0.5) is 11.5 Å². The number of hydrogen-bond donors (Lipinski definition) is 1. The second-order valence-corrected chi connectivity index (χ2v) is 3.57. The molecule has 76 valence electrons. The molecule has 0 spiro atoms. The zero-order valence-electron chi connectivity index (χ0n) is 8.31. The fourth-order valence-corrected chi connectivity index (χ4v) is 1.63. The van der Waals surface area contributed by atoms with E-state index in [-0.39, 0.29) is 0 Å². The van der Waals surface area contributed by atoms with Crippen molar-refractivity contribution in [1.82, 2.24) is 4.98 Å². The van der Waals surface area contributed by atoms with E-state index >= 15 is 0 Å². The van der Waals surface area contributed by atoms with Gasteiger partial charge in [-0.1, -0.05) is 0 Å². The predicted octanol–water partition coefficient (Wildman–Crippen LogP) is 0.889. The fourth-order valence-electron chi connectivity index (χ4n) is 1.63. The van der Waals surface area contributed by atoms with Crippen LogP contribution in [0, 0.1) is 0 Å². The minimum absolute atomic E-state index is 0.389. The van der Waals surface area contributed by atoms with Crippen molar-refractivity contribution >= 4 is 11.5 Å². The minimum Gasteiger partial charge on any atom is -0.397 e. The Bertz CT molecular complexity index is 299. The van der Waals surface area contributed by atoms with Crippen LogP contribution in [0.2, 0.25) is 0 Å². The minimum atomic E-state index is 0.389. The average molecular weight is 193 g/mol. The van der Waals surface area contributed by atoms with Crippen LogP contribution < -0.4 is 10.6 Å². The van der Waals surface area contributed by atoms with Gasteiger partial charge in [-0.2, -0.15) is 0 Å². The SMILES string of the molecule is C[C@H]1COCCN1c1ccc(N)cn1. The zero-order valence-corrected chi connectivity index (χ0v) is 8.31. The molecule has 0 radical (unpaired) electrons. The highest BCUT2D eigenvalue weighted by molar-refractivity contribution is 5.46. The molecule has 1 aliphatic rings. The van der Waals surface area contributed by atoms with Crippen LogP contribution in [-0.2, 0) is 4.74 Å². The molecular weight excluding hydrogens is 178 g/mol. The first-order valence-corrected chi connectivity index (χ1v) is 4.83. The number of aromatic nitrogens is 1. The molecule has 0 aliphatic carbocycles. The molecule has 2 heterocycles. The van der Waals surface area contributed by atoms with Crippen molar-refractivity contribution in [1.29, 1.82) is 0 Å². The third-order valence-corrected chi connectivity index (χ3v) is 2.43. The van der Waals surface area contributed by atoms with Crippen molar-refractivity contribution in [2.24, 2.45) is 0 Å². The molecule has 1 atom stereocenters. The summed E-state index contributed by atoms with van der Waals surface area (Å²) >= 11 is 0. The lowest BCUT2D eigenvalue weighted by molar-refractivity contribution is 0.0985. The van der Waals surface area contributed by atoms with Crippen molar-refractivity contribution < 1.29 is 4.74 Å². The lowest BCUT2D eigenvalue weighted by atomic mass is 10.2. The molecule has 14 heavy (non-hydrogen) atoms. The summed E-state index contributed by atoms with van der Waals surface area (Å²) in [6, 6.07) is 4.22. The molecule has 2 rings (SSSR count). The molecule has 1 saturated heterocycles. The molecule has 2 N–H and O–H groups in total. The molecule has 1 aromatic rings. The van der Waals surface area contributed by atoms with Gasteiger partial charge >= 0.3 is 0 Å². The summed E-state index contributed by atoms with van der Waals surface area (Å²) in [5.74, 6) is 0.981. The maximum absolute atomic E-state index is 5.59. The highest BCUT2D eigenvalue weighted by Gasteiger charge is 2.19. The smallest absolute Gasteiger partial charge is 0.129 e. The number of morpholine rings is 1. The Hall–Kier alpha value is -1.29. The van der Waals surface area contributed by atoms with E-state index in [0.717, 1.165) is 25.6 Å². The maximum atomic E-state index is 5.59. The van der Waals surface area contributed by atoms with Gasteiger partial charge in [-0.05, 0) is 19.1 Å². The van der Waals surface area contributed by atoms with Gasteiger partial charge in [-0.3, -0.25) is 0 Å². The first-order valence-electron chi connectivity index (χ1n) is 4.83. The molecule has 0 saturated carbocycles. The average Bonchev–Trinajstić information content (AvgIpc) is 2.20. The van der Waals surface area contributed by atoms with Crippen LogP contribution in [0.1, 0.15) is 6.92 Å². The van der Waals surface area contributed by atoms with E-state index in [4.69, 9.17) is 10.5 Å². The zero-order chi connectivity index (χ0) is 9.97. The van der Waals surface area contributed by atoms with Crippen molar-refractivity contribution in [3.8, 4) is 0 Å². The first kappa shape index (κ1) is 9.27. The Balaban J connectivity index is 2.16. The first-order chi connectivity index (χ1) is 6.77. The summed E-state index contributed by atoms with van der Waals surface area (Å²) < 4.78 is 5.36. The number of ether oxygens (including phenoxy) is 1. The van der Waals surface area contributed by atoms with E-state index in [9.17, 15) is 0 Å². The quantitative estimate of drug-likeness (QED) is 0.719. The summed E-state index contributed by atoms with van der Waals surface area (Å²) in [6.45, 7) is 4.58. The van der Waals surface area contributed by atoms with Gasteiger partial charge in [0.25, 0.3) is 0 Å². The van der Waals surface area contributed by atoms with E-state index in [1.54, 1.807) is 6.20 Å². The second kappa shape index (κ2) is 3.84. The number of nitrogen functional groups attached to an aromatic ring is 1. The second-order valence-electron chi connectivity index (χ2n) is 3.57. The Labute approximate surface area is 83.7 Å². The topological polar surface area (TPSA) is 51.4 Å². The molecule has 1 aliphatic heterocycles. The number of hydrogen-bond acceptors (Lipinski definition) is 4. The largest absolute Gasteiger partial charge is 0.397 e. The molecule has 0 bridgehead atoms. The van der Waals surface area contributed by atoms with Crippen LogP contribution in [0.25, 0.3) is 0 Å². The van der Waals surface area contributed by atoms with Gasteiger partial charge in [0.15, 0.2) is 0 Å². The van der Waals surface area contributed by atoms with Gasteiger partial charge < -0.3 is 15.4 Å². The number of rotatable bonds is 1. The van der Waals surface area contributed by atoms with Crippen LogP contribution in [0.15, 0.2) is 18.3 Å². The number of anilines is 2. The third kappa shape index (κ3) is 1.80. The normalized spacial score (nSPS) is 22.4. The molecule has 4 heteroatoms. The van der Waals surface area contributed by atoms with Crippen LogP contribution in [-0.4, -0.2) is 30.8 Å². The summed E-state index contributed by atoms with van der Waals surface area (Å²) in [5, 5.41) is 0. The van der Waals surface area contributed by atoms with Gasteiger partial charge in [0, 0.05) is 6.54 Å². The molecule has 0 amide bonds. The van der Waals surface area contributed by atoms with Crippen molar-refractivity contribution in [2.45, 2.75) is 13.0 Å². The van der Waals surface area contributed by atoms with Crippen molar-refractivity contribution in [2.75, 3.05) is 30.4 Å². The van der Waals surface area contributed by atoms with E-state index < -0.39 is 0 Å². The summed E-state index contributed by atoms with van der Waals surface area (Å²) in [5.41, 5.74) is 6.29. The maximum Gasteiger partial charge on any atom is 0.129 e. The molecule has 1 aromatic heterocycles. The number of nitrogens with two attached hydrogens (primary N) is 1. The monoisotopic (exact) mass is 193 g/mol. The molecule has 1 fully saturated rings. The van der Waals surface area contributed by atoms with Crippen LogP contribution in [0.3, 0.4) is 0 Å². The third-order valence-electron chi connectivity index (χ3n) is 2.43. The lowest BCUT2D eigenvalue weighted by Crippen LogP contribution is -2.44. The van der Waals surface area contributed by atoms with Crippen LogP contribution in [0.5, 0.6) is 0 Å². The predicted molar refractivity (Wildman–Crippen MR) is 56.3 cm³/mol. The number of nitrogens with zero attached hydrogens (tertiary/aromatic N) is 2. The Kier molecular flexibility index (Phi) is 2.54. The summed E-state index contributed by atoms with van der Waals surface area (Å²) in [6.07, 6.45) is 1.69. The van der Waals surface area contributed by atoms with Crippen LogP contribution >= 0.6 is 0 Å². The molecule has 4 nitrogen and oxygen atoms in total. The van der Waals surface area contributed by atoms with E-state index in [1.165, 1.54) is 0 Å². The van der Waals surface area contributed by atoms with Gasteiger partial charge in [0.2, 0.25) is 0 Å². The van der Waals surface area contributed by atoms with Gasteiger partial charge in [0.05, 0.1) is 31.1 Å². The standard InChI is InChI=1S/C10H15N3O/c1-8-7-14-5-4-13(8)10-3-2-9(11)6-12-10/h2-3,6,8H,4-5,7,11H2,1H3/t8-/m0/s1. The van der Waals surface area contributed by atoms with Crippen molar-refractivity contribution in [3.05, 3.63) is 18.3 Å². The molecular formula is C10H15N3O. The molecule has 0 unspecified atom stereocenters. The Morgan fingerprint density at radius 1 is 1.57 bits per heavy atom. The van der Waals surface area contributed by atoms with Gasteiger partial charge in [0.1, 0.15) is 5.82 Å². The summed E-state index contributed by atoms with van der Waals surface area (Å²) in [4.78, 5) is 6.54. The van der Waals surface area contributed by atoms with E-state index in [1.807, 2.05) is 12.1 Å². The van der Waals surface area contributed by atoms with E-state index in [0.29, 0.717) is 11.7 Å². The highest BCUT2D eigenvalue weighted by Crippen LogP contribution is 2.17.